The highest BCUT2D eigenvalue weighted by Gasteiger charge is 2.29. The molecule has 1 fully saturated rings. The third-order valence-electron chi connectivity index (χ3n) is 4.34. The van der Waals surface area contributed by atoms with Gasteiger partial charge in [0.1, 0.15) is 6.10 Å². The smallest absolute Gasteiger partial charge is 0.256 e. The highest BCUT2D eigenvalue weighted by Crippen LogP contribution is 2.24. The molecule has 6 nitrogen and oxygen atoms in total. The fourth-order valence-electron chi connectivity index (χ4n) is 2.89. The summed E-state index contributed by atoms with van der Waals surface area (Å²) in [5, 5.41) is 19.0. The Labute approximate surface area is 150 Å². The maximum atomic E-state index is 13.9. The molecule has 0 bridgehead atoms. The predicted octanol–water partition coefficient (Wildman–Crippen LogP) is 2.20. The lowest BCUT2D eigenvalue weighted by molar-refractivity contribution is -0.142. The zero-order valence-corrected chi connectivity index (χ0v) is 14.0. The first-order valence-electron chi connectivity index (χ1n) is 8.31. The molecule has 1 aromatic carbocycles. The van der Waals surface area contributed by atoms with Crippen LogP contribution in [0.25, 0.3) is 0 Å². The predicted molar refractivity (Wildman–Crippen MR) is 90.5 cm³/mol. The van der Waals surface area contributed by atoms with Gasteiger partial charge in [0, 0.05) is 43.9 Å². The molecule has 0 radical (unpaired) electrons. The van der Waals surface area contributed by atoms with Gasteiger partial charge in [0.15, 0.2) is 17.7 Å². The van der Waals surface area contributed by atoms with Crippen LogP contribution in [0.1, 0.15) is 30.1 Å². The quantitative estimate of drug-likeness (QED) is 0.909. The summed E-state index contributed by atoms with van der Waals surface area (Å²) in [5.41, 5.74) is 0.690. The number of aromatic nitrogens is 1. The number of aliphatic hydroxyl groups excluding tert-OH is 1. The second-order valence-electron chi connectivity index (χ2n) is 6.09. The summed E-state index contributed by atoms with van der Waals surface area (Å²) in [7, 11) is 0. The van der Waals surface area contributed by atoms with Crippen LogP contribution in [0.15, 0.2) is 42.7 Å². The maximum Gasteiger partial charge on any atom is 0.256 e. The number of benzene rings is 1. The molecule has 0 spiro atoms. The van der Waals surface area contributed by atoms with Crippen LogP contribution in [0.4, 0.5) is 4.39 Å². The van der Waals surface area contributed by atoms with Gasteiger partial charge in [0.25, 0.3) is 5.91 Å². The molecule has 2 aromatic rings. The van der Waals surface area contributed by atoms with Gasteiger partial charge in [0.2, 0.25) is 0 Å². The van der Waals surface area contributed by atoms with E-state index in [0.29, 0.717) is 31.5 Å². The van der Waals surface area contributed by atoms with Crippen LogP contribution in [0.2, 0.25) is 0 Å². The Morgan fingerprint density at radius 1 is 1.38 bits per heavy atom. The number of pyridine rings is 1. The van der Waals surface area contributed by atoms with Gasteiger partial charge in [-0.05, 0) is 24.3 Å². The second kappa shape index (κ2) is 7.93. The van der Waals surface area contributed by atoms with E-state index >= 15 is 0 Å². The minimum Gasteiger partial charge on any atom is -0.487 e. The van der Waals surface area contributed by atoms with E-state index in [2.05, 4.69) is 4.98 Å². The van der Waals surface area contributed by atoms with Crippen LogP contribution in [0.3, 0.4) is 0 Å². The Morgan fingerprint density at radius 3 is 2.77 bits per heavy atom. The van der Waals surface area contributed by atoms with Crippen LogP contribution in [-0.4, -0.2) is 40.1 Å². The average Bonchev–Trinajstić information content (AvgIpc) is 2.69. The number of nitriles is 1. The molecule has 1 N–H and O–H groups in total. The summed E-state index contributed by atoms with van der Waals surface area (Å²) in [5.74, 6) is -0.847. The monoisotopic (exact) mass is 355 g/mol. The van der Waals surface area contributed by atoms with Crippen LogP contribution >= 0.6 is 0 Å². The molecule has 1 aromatic heterocycles. The van der Waals surface area contributed by atoms with Crippen LogP contribution in [0, 0.1) is 17.1 Å². The van der Waals surface area contributed by atoms with Gasteiger partial charge in [-0.3, -0.25) is 9.78 Å². The number of carbonyl (C=O) groups is 1. The lowest BCUT2D eigenvalue weighted by Crippen LogP contribution is -2.43. The van der Waals surface area contributed by atoms with Gasteiger partial charge in [-0.15, -0.1) is 0 Å². The first-order valence-corrected chi connectivity index (χ1v) is 8.31. The fraction of sp³-hybridized carbons (Fsp3) is 0.316. The van der Waals surface area contributed by atoms with Crippen molar-refractivity contribution in [1.82, 2.24) is 9.88 Å². The molecule has 26 heavy (non-hydrogen) atoms. The van der Waals surface area contributed by atoms with Crippen molar-refractivity contribution in [2.75, 3.05) is 13.1 Å². The van der Waals surface area contributed by atoms with E-state index in [1.165, 1.54) is 18.3 Å². The molecule has 0 aliphatic carbocycles. The maximum absolute atomic E-state index is 13.9. The lowest BCUT2D eigenvalue weighted by Gasteiger charge is -2.33. The van der Waals surface area contributed by atoms with Crippen molar-refractivity contribution in [2.45, 2.75) is 25.0 Å². The molecule has 3 rings (SSSR count). The van der Waals surface area contributed by atoms with Gasteiger partial charge >= 0.3 is 0 Å². The summed E-state index contributed by atoms with van der Waals surface area (Å²) in [6.07, 6.45) is 2.64. The van der Waals surface area contributed by atoms with Crippen LogP contribution < -0.4 is 4.74 Å². The normalized spacial score (nSPS) is 16.0. The largest absolute Gasteiger partial charge is 0.487 e. The van der Waals surface area contributed by atoms with Crippen molar-refractivity contribution in [3.05, 3.63) is 59.7 Å². The van der Waals surface area contributed by atoms with Gasteiger partial charge in [0.05, 0.1) is 11.6 Å². The molecule has 1 saturated heterocycles. The summed E-state index contributed by atoms with van der Waals surface area (Å²) >= 11 is 0. The zero-order valence-electron chi connectivity index (χ0n) is 14.0. The number of piperidine rings is 1. The molecular formula is C19H18FN3O3. The number of hydrogen-bond donors (Lipinski definition) is 1. The molecule has 1 aliphatic rings. The Morgan fingerprint density at radius 2 is 2.15 bits per heavy atom. The first kappa shape index (κ1) is 17.8. The van der Waals surface area contributed by atoms with Crippen molar-refractivity contribution >= 4 is 5.91 Å². The van der Waals surface area contributed by atoms with Crippen LogP contribution in [0.5, 0.6) is 5.75 Å². The van der Waals surface area contributed by atoms with Crippen molar-refractivity contribution in [3.8, 4) is 11.8 Å². The topological polar surface area (TPSA) is 86.5 Å². The first-order chi connectivity index (χ1) is 12.6. The fourth-order valence-corrected chi connectivity index (χ4v) is 2.89. The second-order valence-corrected chi connectivity index (χ2v) is 6.09. The van der Waals surface area contributed by atoms with Crippen molar-refractivity contribution < 1.29 is 19.0 Å². The summed E-state index contributed by atoms with van der Waals surface area (Å²) in [6, 6.07) is 9.27. The van der Waals surface area contributed by atoms with Gasteiger partial charge < -0.3 is 14.7 Å². The standard InChI is InChI=1S/C19H18FN3O3/c20-16-10-13(11-21)3-4-17(16)26-15-5-8-23(9-6-15)19(25)18(24)14-2-1-7-22-12-14/h1-4,7,10,12,15,18,24H,5-6,8-9H2. The third-order valence-corrected chi connectivity index (χ3v) is 4.34. The molecule has 1 unspecified atom stereocenters. The van der Waals surface area contributed by atoms with E-state index in [9.17, 15) is 14.3 Å². The molecule has 1 amide bonds. The molecule has 134 valence electrons. The average molecular weight is 355 g/mol. The van der Waals surface area contributed by atoms with Gasteiger partial charge in [-0.2, -0.15) is 5.26 Å². The molecule has 1 atom stereocenters. The number of aliphatic hydroxyl groups is 1. The summed E-state index contributed by atoms with van der Waals surface area (Å²) in [4.78, 5) is 17.9. The molecule has 0 saturated carbocycles. The highest BCUT2D eigenvalue weighted by molar-refractivity contribution is 5.82. The minimum absolute atomic E-state index is 0.101. The Bertz CT molecular complexity index is 815. The minimum atomic E-state index is -1.24. The van der Waals surface area contributed by atoms with E-state index in [4.69, 9.17) is 10.00 Å². The molecule has 1 aliphatic heterocycles. The SMILES string of the molecule is N#Cc1ccc(OC2CCN(C(=O)C(O)c3cccnc3)CC2)c(F)c1. The van der Waals surface area contributed by atoms with Crippen molar-refractivity contribution in [3.63, 3.8) is 0 Å². The Hall–Kier alpha value is -2.98. The Kier molecular flexibility index (Phi) is 5.44. The van der Waals surface area contributed by atoms with Crippen molar-refractivity contribution in [1.29, 1.82) is 5.26 Å². The van der Waals surface area contributed by atoms with Gasteiger partial charge in [-0.1, -0.05) is 6.07 Å². The number of amides is 1. The number of hydrogen-bond acceptors (Lipinski definition) is 5. The van der Waals surface area contributed by atoms with E-state index in [1.54, 1.807) is 23.2 Å². The molecule has 2 heterocycles. The van der Waals surface area contributed by atoms with Crippen LogP contribution in [-0.2, 0) is 4.79 Å². The molecule has 7 heteroatoms. The Balaban J connectivity index is 1.56. The van der Waals surface area contributed by atoms with E-state index in [1.807, 2.05) is 6.07 Å². The van der Waals surface area contributed by atoms with E-state index in [-0.39, 0.29) is 23.3 Å². The van der Waals surface area contributed by atoms with E-state index < -0.39 is 11.9 Å². The number of carbonyl (C=O) groups excluding carboxylic acids is 1. The number of nitrogens with zero attached hydrogens (tertiary/aromatic N) is 3. The van der Waals surface area contributed by atoms with Gasteiger partial charge in [-0.25, -0.2) is 4.39 Å². The number of halogens is 1. The van der Waals surface area contributed by atoms with Crippen molar-refractivity contribution in [2.24, 2.45) is 0 Å². The summed E-state index contributed by atoms with van der Waals surface area (Å²) in [6.45, 7) is 0.831. The number of ether oxygens (including phenoxy) is 1. The summed E-state index contributed by atoms with van der Waals surface area (Å²) < 4.78 is 19.6. The zero-order chi connectivity index (χ0) is 18.5. The molecular weight excluding hydrogens is 337 g/mol. The third kappa shape index (κ3) is 3.98. The van der Waals surface area contributed by atoms with E-state index in [0.717, 1.165) is 6.07 Å². The number of rotatable bonds is 4. The highest BCUT2D eigenvalue weighted by atomic mass is 19.1. The number of likely N-dealkylation sites (tertiary alicyclic amines) is 1. The lowest BCUT2D eigenvalue weighted by atomic mass is 10.1.